The first kappa shape index (κ1) is 16.9. The van der Waals surface area contributed by atoms with Gasteiger partial charge in [-0.3, -0.25) is 4.70 Å². The van der Waals surface area contributed by atoms with Crippen LogP contribution in [0.25, 0.3) is 0 Å². The number of piperidine rings is 2. The van der Waals surface area contributed by atoms with Gasteiger partial charge in [-0.05, 0) is 76.2 Å². The van der Waals surface area contributed by atoms with E-state index in [1.165, 1.54) is 65.0 Å². The molecule has 0 bridgehead atoms. The lowest BCUT2D eigenvalue weighted by Gasteiger charge is -2.38. The minimum atomic E-state index is 0. The van der Waals surface area contributed by atoms with Crippen LogP contribution < -0.4 is 0 Å². The molecule has 2 rings (SSSR count). The molecule has 2 nitrogen and oxygen atoms in total. The van der Waals surface area contributed by atoms with Crippen LogP contribution in [0.2, 0.25) is 0 Å². The average Bonchev–Trinajstić information content (AvgIpc) is 2.40. The summed E-state index contributed by atoms with van der Waals surface area (Å²) in [6.07, 6.45) is 5.73. The normalized spacial score (nSPS) is 24.6. The summed E-state index contributed by atoms with van der Waals surface area (Å²) < 4.78 is 0. The zero-order valence-corrected chi connectivity index (χ0v) is 13.1. The first-order valence-electron chi connectivity index (χ1n) is 8.13. The summed E-state index contributed by atoms with van der Waals surface area (Å²) >= 11 is 0. The summed E-state index contributed by atoms with van der Waals surface area (Å²) in [6.45, 7) is 15.1. The molecule has 0 saturated carbocycles. The number of hydrogen-bond donors (Lipinski definition) is 0. The van der Waals surface area contributed by atoms with Crippen molar-refractivity contribution in [3.63, 3.8) is 0 Å². The summed E-state index contributed by atoms with van der Waals surface area (Å²) in [5, 5.41) is 0. The molecule has 114 valence electrons. The second kappa shape index (κ2) is 8.21. The summed E-state index contributed by atoms with van der Waals surface area (Å²) in [5.74, 6) is 2.85. The highest BCUT2D eigenvalue weighted by atomic mass is 19.0. The first-order valence-corrected chi connectivity index (χ1v) is 8.13. The van der Waals surface area contributed by atoms with Crippen LogP contribution >= 0.6 is 0 Å². The zero-order chi connectivity index (χ0) is 13.0. The Morgan fingerprint density at radius 3 is 1.89 bits per heavy atom. The van der Waals surface area contributed by atoms with E-state index in [2.05, 4.69) is 30.6 Å². The number of hydrogen-bond acceptors (Lipinski definition) is 2. The van der Waals surface area contributed by atoms with E-state index in [-0.39, 0.29) is 4.70 Å². The highest BCUT2D eigenvalue weighted by Crippen LogP contribution is 2.26. The van der Waals surface area contributed by atoms with Crippen molar-refractivity contribution in [1.82, 2.24) is 9.80 Å². The van der Waals surface area contributed by atoms with Gasteiger partial charge in [0.2, 0.25) is 0 Å². The SMILES string of the molecule is CCN1CCC(CN2CCC(C(C)C)CC2)CC1.F. The molecule has 19 heavy (non-hydrogen) atoms. The van der Waals surface area contributed by atoms with Gasteiger partial charge in [-0.2, -0.15) is 0 Å². The van der Waals surface area contributed by atoms with Crippen LogP contribution in [0, 0.1) is 17.8 Å². The zero-order valence-electron chi connectivity index (χ0n) is 13.1. The Morgan fingerprint density at radius 1 is 0.895 bits per heavy atom. The minimum Gasteiger partial charge on any atom is -0.304 e. The molecule has 3 heteroatoms. The average molecular weight is 272 g/mol. The van der Waals surface area contributed by atoms with Crippen LogP contribution in [0.1, 0.15) is 46.5 Å². The van der Waals surface area contributed by atoms with Crippen LogP contribution in [-0.2, 0) is 0 Å². The molecule has 2 saturated heterocycles. The molecule has 0 unspecified atom stereocenters. The van der Waals surface area contributed by atoms with Gasteiger partial charge in [0, 0.05) is 6.54 Å². The topological polar surface area (TPSA) is 6.48 Å². The number of halogens is 1. The van der Waals surface area contributed by atoms with Crippen molar-refractivity contribution in [3.05, 3.63) is 0 Å². The van der Waals surface area contributed by atoms with Crippen molar-refractivity contribution in [2.24, 2.45) is 17.8 Å². The largest absolute Gasteiger partial charge is 0.304 e. The van der Waals surface area contributed by atoms with Gasteiger partial charge in [-0.15, -0.1) is 0 Å². The molecule has 0 aromatic heterocycles. The first-order chi connectivity index (χ1) is 8.69. The van der Waals surface area contributed by atoms with E-state index in [0.717, 1.165) is 17.8 Å². The van der Waals surface area contributed by atoms with Gasteiger partial charge >= 0.3 is 0 Å². The fraction of sp³-hybridized carbons (Fsp3) is 1.00. The molecule has 2 aliphatic heterocycles. The molecule has 0 aromatic rings. The maximum atomic E-state index is 2.74. The summed E-state index contributed by atoms with van der Waals surface area (Å²) in [6, 6.07) is 0. The quantitative estimate of drug-likeness (QED) is 0.775. The van der Waals surface area contributed by atoms with Crippen LogP contribution in [0.15, 0.2) is 0 Å². The third-order valence-electron chi connectivity index (χ3n) is 5.25. The predicted octanol–water partition coefficient (Wildman–Crippen LogP) is 3.24. The van der Waals surface area contributed by atoms with Crippen molar-refractivity contribution in [2.45, 2.75) is 46.5 Å². The second-order valence-corrected chi connectivity index (χ2v) is 6.76. The third kappa shape index (κ3) is 5.03. The van der Waals surface area contributed by atoms with E-state index in [1.54, 1.807) is 0 Å². The van der Waals surface area contributed by atoms with Crippen LogP contribution in [0.3, 0.4) is 0 Å². The fourth-order valence-electron chi connectivity index (χ4n) is 3.65. The highest BCUT2D eigenvalue weighted by molar-refractivity contribution is 4.79. The van der Waals surface area contributed by atoms with Gasteiger partial charge in [-0.25, -0.2) is 0 Å². The summed E-state index contributed by atoms with van der Waals surface area (Å²) in [4.78, 5) is 5.34. The lowest BCUT2D eigenvalue weighted by molar-refractivity contribution is 0.109. The Kier molecular flexibility index (Phi) is 7.30. The standard InChI is InChI=1S/C16H32N2.FH/c1-4-17-9-5-15(6-10-17)13-18-11-7-16(8-12-18)14(2)3;/h14-16H,4-13H2,1-3H3;1H. The Hall–Kier alpha value is -0.150. The fourth-order valence-corrected chi connectivity index (χ4v) is 3.65. The monoisotopic (exact) mass is 272 g/mol. The minimum absolute atomic E-state index is 0. The number of rotatable bonds is 4. The molecule has 0 aromatic carbocycles. The molecule has 2 aliphatic rings. The molecular weight excluding hydrogens is 239 g/mol. The summed E-state index contributed by atoms with van der Waals surface area (Å²) in [5.41, 5.74) is 0. The smallest absolute Gasteiger partial charge is 0.00106 e. The van der Waals surface area contributed by atoms with Crippen molar-refractivity contribution in [3.8, 4) is 0 Å². The van der Waals surface area contributed by atoms with Crippen LogP contribution in [0.5, 0.6) is 0 Å². The second-order valence-electron chi connectivity index (χ2n) is 6.76. The molecule has 0 radical (unpaired) electrons. The van der Waals surface area contributed by atoms with Gasteiger partial charge in [-0.1, -0.05) is 20.8 Å². The van der Waals surface area contributed by atoms with E-state index in [1.807, 2.05) is 0 Å². The molecule has 0 amide bonds. The predicted molar refractivity (Wildman–Crippen MR) is 81.3 cm³/mol. The maximum absolute atomic E-state index is 2.74. The van der Waals surface area contributed by atoms with Crippen molar-refractivity contribution < 1.29 is 4.70 Å². The lowest BCUT2D eigenvalue weighted by Crippen LogP contribution is -2.42. The summed E-state index contributed by atoms with van der Waals surface area (Å²) in [7, 11) is 0. The number of nitrogens with zero attached hydrogens (tertiary/aromatic N) is 2. The molecular formula is C16H33FN2. The Morgan fingerprint density at radius 2 is 1.42 bits per heavy atom. The van der Waals surface area contributed by atoms with Crippen LogP contribution in [0.4, 0.5) is 4.70 Å². The van der Waals surface area contributed by atoms with E-state index in [9.17, 15) is 0 Å². The van der Waals surface area contributed by atoms with E-state index >= 15 is 0 Å². The van der Waals surface area contributed by atoms with Gasteiger partial charge in [0.1, 0.15) is 0 Å². The highest BCUT2D eigenvalue weighted by Gasteiger charge is 2.25. The van der Waals surface area contributed by atoms with E-state index in [4.69, 9.17) is 0 Å². The molecule has 0 spiro atoms. The Balaban J connectivity index is 0.00000180. The molecule has 0 aliphatic carbocycles. The number of likely N-dealkylation sites (tertiary alicyclic amines) is 2. The van der Waals surface area contributed by atoms with Gasteiger partial charge in [0.05, 0.1) is 0 Å². The van der Waals surface area contributed by atoms with Crippen molar-refractivity contribution >= 4 is 0 Å². The molecule has 2 fully saturated rings. The van der Waals surface area contributed by atoms with E-state index in [0.29, 0.717) is 0 Å². The lowest BCUT2D eigenvalue weighted by atomic mass is 9.86. The third-order valence-corrected chi connectivity index (χ3v) is 5.25. The van der Waals surface area contributed by atoms with Gasteiger partial charge in [0.25, 0.3) is 0 Å². The van der Waals surface area contributed by atoms with Crippen molar-refractivity contribution in [1.29, 1.82) is 0 Å². The van der Waals surface area contributed by atoms with E-state index < -0.39 is 0 Å². The Bertz CT molecular complexity index is 229. The van der Waals surface area contributed by atoms with Gasteiger partial charge < -0.3 is 9.80 Å². The van der Waals surface area contributed by atoms with Crippen molar-refractivity contribution in [2.75, 3.05) is 39.3 Å². The molecule has 0 N–H and O–H groups in total. The van der Waals surface area contributed by atoms with Crippen LogP contribution in [-0.4, -0.2) is 49.1 Å². The molecule has 0 atom stereocenters. The maximum Gasteiger partial charge on any atom is 0.00106 e. The molecule has 2 heterocycles. The van der Waals surface area contributed by atoms with Gasteiger partial charge in [0.15, 0.2) is 0 Å². The Labute approximate surface area is 118 Å².